The normalized spacial score (nSPS) is 12.1. The van der Waals surface area contributed by atoms with Gasteiger partial charge in [0, 0.05) is 12.6 Å². The number of hydrogen-bond donors (Lipinski definition) is 1. The van der Waals surface area contributed by atoms with Gasteiger partial charge in [-0.3, -0.25) is 0 Å². The molecule has 2 rings (SSSR count). The van der Waals surface area contributed by atoms with Crippen molar-refractivity contribution in [1.82, 2.24) is 4.90 Å². The molecule has 0 saturated heterocycles. The molecule has 0 bridgehead atoms. The zero-order valence-corrected chi connectivity index (χ0v) is 18.7. The van der Waals surface area contributed by atoms with Gasteiger partial charge in [0.2, 0.25) is 0 Å². The Morgan fingerprint density at radius 3 is 2.33 bits per heavy atom. The van der Waals surface area contributed by atoms with Gasteiger partial charge in [-0.25, -0.2) is 4.79 Å². The summed E-state index contributed by atoms with van der Waals surface area (Å²) < 4.78 is 33.8. The first kappa shape index (κ1) is 23.5. The van der Waals surface area contributed by atoms with Crippen LogP contribution in [0.3, 0.4) is 0 Å². The van der Waals surface area contributed by atoms with Gasteiger partial charge in [-0.1, -0.05) is 31.2 Å². The third-order valence-corrected chi connectivity index (χ3v) is 5.82. The lowest BCUT2D eigenvalue weighted by Gasteiger charge is -2.29. The number of carbonyl (C=O) groups excluding carboxylic acids is 1. The lowest BCUT2D eigenvalue weighted by atomic mass is 10.1. The summed E-state index contributed by atoms with van der Waals surface area (Å²) in [6, 6.07) is 13.8. The van der Waals surface area contributed by atoms with Crippen LogP contribution in [0.1, 0.15) is 39.7 Å². The highest BCUT2D eigenvalue weighted by Crippen LogP contribution is 2.25. The van der Waals surface area contributed by atoms with Crippen LogP contribution < -0.4 is 14.2 Å². The van der Waals surface area contributed by atoms with Gasteiger partial charge in [0.05, 0.1) is 18.0 Å². The van der Waals surface area contributed by atoms with Crippen LogP contribution in [0.15, 0.2) is 48.5 Å². The van der Waals surface area contributed by atoms with Crippen LogP contribution in [-0.2, 0) is 16.7 Å². The van der Waals surface area contributed by atoms with Crippen molar-refractivity contribution in [2.75, 3.05) is 17.7 Å². The van der Waals surface area contributed by atoms with E-state index in [0.717, 1.165) is 12.0 Å². The Kier molecular flexibility index (Phi) is 8.53. The van der Waals surface area contributed by atoms with Gasteiger partial charge in [-0.2, -0.15) is 8.42 Å². The van der Waals surface area contributed by atoms with Crippen molar-refractivity contribution in [2.45, 2.75) is 46.7 Å². The van der Waals surface area contributed by atoms with E-state index in [4.69, 9.17) is 8.92 Å². The molecule has 30 heavy (non-hydrogen) atoms. The van der Waals surface area contributed by atoms with Gasteiger partial charge < -0.3 is 19.1 Å². The second kappa shape index (κ2) is 10.9. The molecule has 2 aromatic carbocycles. The second-order valence-corrected chi connectivity index (χ2v) is 8.68. The molecule has 0 aliphatic carbocycles. The molecule has 0 spiro atoms. The lowest BCUT2D eigenvalue weighted by Crippen LogP contribution is -2.40. The summed E-state index contributed by atoms with van der Waals surface area (Å²) in [4.78, 5) is 14.8. The Bertz CT molecular complexity index is 929. The summed E-state index contributed by atoms with van der Waals surface area (Å²) in [6.07, 6.45) is 0.788. The minimum Gasteiger partial charge on any atom is -0.492 e. The van der Waals surface area contributed by atoms with E-state index in [1.807, 2.05) is 39.0 Å². The monoisotopic (exact) mass is 434 g/mol. The van der Waals surface area contributed by atoms with Crippen LogP contribution in [0, 0.1) is 0 Å². The molecule has 164 valence electrons. The fourth-order valence-electron chi connectivity index (χ4n) is 2.74. The van der Waals surface area contributed by atoms with Crippen LogP contribution in [0.5, 0.6) is 11.5 Å². The van der Waals surface area contributed by atoms with Gasteiger partial charge >= 0.3 is 16.1 Å². The third-order valence-electron chi connectivity index (χ3n) is 4.67. The first-order valence-electron chi connectivity index (χ1n) is 10.1. The number of para-hydroxylation sites is 2. The molecule has 1 N–H and O–H groups in total. The summed E-state index contributed by atoms with van der Waals surface area (Å²) in [6.45, 7) is 8.30. The van der Waals surface area contributed by atoms with Gasteiger partial charge in [0.25, 0.3) is 0 Å². The molecule has 0 heterocycles. The van der Waals surface area contributed by atoms with E-state index < -0.39 is 10.1 Å². The quantitative estimate of drug-likeness (QED) is 0.550. The molecule has 8 heteroatoms. The van der Waals surface area contributed by atoms with Crippen molar-refractivity contribution in [2.24, 2.45) is 0 Å². The maximum Gasteiger partial charge on any atom is 0.322 e. The van der Waals surface area contributed by atoms with Gasteiger partial charge in [-0.15, -0.1) is 0 Å². The molecule has 2 aromatic rings. The highest BCUT2D eigenvalue weighted by atomic mass is 32.2. The number of rotatable bonds is 10. The SMILES string of the molecule is CCOc1ccccc1NC(=O)N(Cc1ccc(OS(=O)(=O)CC)cc1)C(C)CC. The van der Waals surface area contributed by atoms with E-state index in [1.54, 1.807) is 35.2 Å². The zero-order valence-electron chi connectivity index (χ0n) is 17.9. The van der Waals surface area contributed by atoms with E-state index in [9.17, 15) is 13.2 Å². The molecule has 0 saturated carbocycles. The van der Waals surface area contributed by atoms with Crippen LogP contribution in [0.4, 0.5) is 10.5 Å². The predicted octanol–water partition coefficient (Wildman–Crippen LogP) is 4.65. The van der Waals surface area contributed by atoms with E-state index in [2.05, 4.69) is 5.32 Å². The number of amides is 2. The van der Waals surface area contributed by atoms with E-state index in [1.165, 1.54) is 6.92 Å². The van der Waals surface area contributed by atoms with Crippen LogP contribution in [-0.4, -0.2) is 37.8 Å². The molecule has 0 radical (unpaired) electrons. The smallest absolute Gasteiger partial charge is 0.322 e. The highest BCUT2D eigenvalue weighted by Gasteiger charge is 2.21. The average Bonchev–Trinajstić information content (AvgIpc) is 2.74. The number of benzene rings is 2. The third kappa shape index (κ3) is 6.66. The van der Waals surface area contributed by atoms with Gasteiger partial charge in [0.15, 0.2) is 0 Å². The average molecular weight is 435 g/mol. The minimum atomic E-state index is -3.57. The first-order valence-corrected chi connectivity index (χ1v) is 11.7. The van der Waals surface area contributed by atoms with Crippen molar-refractivity contribution < 1.29 is 22.1 Å². The number of hydrogen-bond acceptors (Lipinski definition) is 5. The molecule has 2 amide bonds. The summed E-state index contributed by atoms with van der Waals surface area (Å²) >= 11 is 0. The fraction of sp³-hybridized carbons (Fsp3) is 0.409. The molecular formula is C22H30N2O5S. The Morgan fingerprint density at radius 1 is 1.07 bits per heavy atom. The minimum absolute atomic E-state index is 0.000603. The molecule has 0 aliphatic rings. The number of carbonyl (C=O) groups is 1. The van der Waals surface area contributed by atoms with Gasteiger partial charge in [0.1, 0.15) is 11.5 Å². The zero-order chi connectivity index (χ0) is 22.1. The molecule has 0 aliphatic heterocycles. The molecule has 0 fully saturated rings. The topological polar surface area (TPSA) is 84.9 Å². The Balaban J connectivity index is 2.15. The summed E-state index contributed by atoms with van der Waals surface area (Å²) in [5.41, 5.74) is 1.48. The summed E-state index contributed by atoms with van der Waals surface area (Å²) in [5, 5.41) is 2.94. The van der Waals surface area contributed by atoms with Gasteiger partial charge in [-0.05, 0) is 57.0 Å². The summed E-state index contributed by atoms with van der Waals surface area (Å²) in [7, 11) is -3.57. The standard InChI is InChI=1S/C22H30N2O5S/c1-5-17(4)24(22(25)23-20-10-8-9-11-21(20)28-6-2)16-18-12-14-19(15-13-18)29-30(26,27)7-3/h8-15,17H,5-7,16H2,1-4H3,(H,23,25). The van der Waals surface area contributed by atoms with Crippen LogP contribution in [0.2, 0.25) is 0 Å². The highest BCUT2D eigenvalue weighted by molar-refractivity contribution is 7.87. The lowest BCUT2D eigenvalue weighted by molar-refractivity contribution is 0.187. The van der Waals surface area contributed by atoms with Crippen LogP contribution >= 0.6 is 0 Å². The van der Waals surface area contributed by atoms with Crippen molar-refractivity contribution in [1.29, 1.82) is 0 Å². The van der Waals surface area contributed by atoms with E-state index in [0.29, 0.717) is 24.6 Å². The Morgan fingerprint density at radius 2 is 1.73 bits per heavy atom. The number of urea groups is 1. The first-order chi connectivity index (χ1) is 14.3. The molecule has 7 nitrogen and oxygen atoms in total. The fourth-order valence-corrected chi connectivity index (χ4v) is 3.26. The largest absolute Gasteiger partial charge is 0.492 e. The van der Waals surface area contributed by atoms with Crippen molar-refractivity contribution in [3.05, 3.63) is 54.1 Å². The maximum absolute atomic E-state index is 13.0. The van der Waals surface area contributed by atoms with Crippen molar-refractivity contribution >= 4 is 21.8 Å². The molecule has 0 aromatic heterocycles. The molecule has 1 unspecified atom stereocenters. The predicted molar refractivity (Wildman–Crippen MR) is 118 cm³/mol. The number of anilines is 1. The summed E-state index contributed by atoms with van der Waals surface area (Å²) in [5.74, 6) is 0.779. The molecule has 1 atom stereocenters. The maximum atomic E-state index is 13.0. The van der Waals surface area contributed by atoms with Crippen molar-refractivity contribution in [3.8, 4) is 11.5 Å². The van der Waals surface area contributed by atoms with E-state index >= 15 is 0 Å². The number of ether oxygens (including phenoxy) is 1. The number of nitrogens with zero attached hydrogens (tertiary/aromatic N) is 1. The Labute approximate surface area is 179 Å². The molecular weight excluding hydrogens is 404 g/mol. The van der Waals surface area contributed by atoms with E-state index in [-0.39, 0.29) is 23.6 Å². The van der Waals surface area contributed by atoms with Crippen molar-refractivity contribution in [3.63, 3.8) is 0 Å². The number of nitrogens with one attached hydrogen (secondary N) is 1. The van der Waals surface area contributed by atoms with Crippen LogP contribution in [0.25, 0.3) is 0 Å². The second-order valence-electron chi connectivity index (χ2n) is 6.82. The Hall–Kier alpha value is -2.74.